The molecule has 1 aromatic carbocycles. The van der Waals surface area contributed by atoms with Crippen molar-refractivity contribution in [3.63, 3.8) is 0 Å². The Morgan fingerprint density at radius 2 is 1.90 bits per heavy atom. The second-order valence-electron chi connectivity index (χ2n) is 4.68. The molecule has 1 N–H and O–H groups in total. The van der Waals surface area contributed by atoms with E-state index >= 15 is 0 Å². The quantitative estimate of drug-likeness (QED) is 0.741. The molecule has 0 bridgehead atoms. The van der Waals surface area contributed by atoms with Crippen molar-refractivity contribution >= 4 is 25.4 Å². The fourth-order valence-corrected chi connectivity index (χ4v) is 4.13. The predicted octanol–water partition coefficient (Wildman–Crippen LogP) is 2.58. The zero-order chi connectivity index (χ0) is 15.0. The summed E-state index contributed by atoms with van der Waals surface area (Å²) in [6.45, 7) is 2.11. The molecule has 0 amide bonds. The van der Waals surface area contributed by atoms with Crippen molar-refractivity contribution in [3.05, 3.63) is 45.0 Å². The monoisotopic (exact) mass is 349 g/mol. The summed E-state index contributed by atoms with van der Waals surface area (Å²) in [5, 5.41) is 0.524. The number of hydrogen-bond donors (Lipinski definition) is 1. The van der Waals surface area contributed by atoms with E-state index in [0.717, 1.165) is 11.2 Å². The van der Waals surface area contributed by atoms with E-state index < -0.39 is 0 Å². The number of H-pyrrole nitrogens is 1. The van der Waals surface area contributed by atoms with E-state index in [-0.39, 0.29) is 19.9 Å². The van der Waals surface area contributed by atoms with Crippen molar-refractivity contribution < 1.29 is 9.47 Å². The molecule has 21 heavy (non-hydrogen) atoms. The van der Waals surface area contributed by atoms with Gasteiger partial charge >= 0.3 is 128 Å². The Morgan fingerprint density at radius 1 is 1.10 bits per heavy atom. The minimum atomic E-state index is -0.0595. The third-order valence-electron chi connectivity index (χ3n) is 3.34. The van der Waals surface area contributed by atoms with Crippen molar-refractivity contribution in [2.75, 3.05) is 14.2 Å². The van der Waals surface area contributed by atoms with Gasteiger partial charge in [-0.25, -0.2) is 0 Å². The molecule has 0 fully saturated rings. The Labute approximate surface area is 128 Å². The van der Waals surface area contributed by atoms with E-state index in [1.54, 1.807) is 26.4 Å². The maximum atomic E-state index is 12.5. The molecule has 3 rings (SSSR count). The molecular weight excluding hydrogens is 333 g/mol. The van der Waals surface area contributed by atoms with Gasteiger partial charge in [0.15, 0.2) is 0 Å². The van der Waals surface area contributed by atoms with Crippen molar-refractivity contribution in [2.24, 2.45) is 0 Å². The maximum absolute atomic E-state index is 12.5. The van der Waals surface area contributed by atoms with Gasteiger partial charge in [-0.15, -0.1) is 0 Å². The molecule has 0 atom stereocenters. The van der Waals surface area contributed by atoms with Gasteiger partial charge in [0.2, 0.25) is 0 Å². The average Bonchev–Trinajstić information content (AvgIpc) is 2.92. The minimum absolute atomic E-state index is 0.0595. The number of benzene rings is 1. The predicted molar refractivity (Wildman–Crippen MR) is 84.8 cm³/mol. The number of hydrogen-bond acceptors (Lipinski definition) is 3. The summed E-state index contributed by atoms with van der Waals surface area (Å²) in [7, 11) is 3.10. The summed E-state index contributed by atoms with van der Waals surface area (Å²) in [4.78, 5) is 15.8. The Bertz CT molecular complexity index is 864. The van der Waals surface area contributed by atoms with Crippen LogP contribution in [0.15, 0.2) is 35.1 Å². The number of pyridine rings is 1. The van der Waals surface area contributed by atoms with Crippen LogP contribution in [0.25, 0.3) is 21.0 Å². The molecular formula is C16H15NO3Se. The zero-order valence-corrected chi connectivity index (χ0v) is 13.7. The van der Waals surface area contributed by atoms with Crippen LogP contribution in [-0.2, 0) is 0 Å². The average molecular weight is 348 g/mol. The molecule has 0 aliphatic rings. The number of aromatic nitrogens is 1. The molecule has 0 aliphatic carbocycles. The van der Waals surface area contributed by atoms with Gasteiger partial charge in [-0.05, 0) is 0 Å². The standard InChI is InChI=1S/C16H15NO3Se/c1-9-4-7-14(21-9)11-8-12(18)15-10(17-11)5-6-13(19-2)16(15)20-3/h4-8H,1-3H3,(H,17,18). The molecule has 2 heterocycles. The number of nitrogens with one attached hydrogen (secondary N) is 1. The first-order valence-electron chi connectivity index (χ1n) is 6.49. The number of fused-ring (bicyclic) bond motifs is 1. The molecule has 0 radical (unpaired) electrons. The van der Waals surface area contributed by atoms with E-state index in [1.807, 2.05) is 6.07 Å². The molecule has 0 spiro atoms. The van der Waals surface area contributed by atoms with Crippen LogP contribution >= 0.6 is 0 Å². The van der Waals surface area contributed by atoms with Gasteiger partial charge in [-0.1, -0.05) is 0 Å². The van der Waals surface area contributed by atoms with Crippen LogP contribution in [0, 0.1) is 6.92 Å². The van der Waals surface area contributed by atoms with Gasteiger partial charge in [0.1, 0.15) is 0 Å². The summed E-state index contributed by atoms with van der Waals surface area (Å²) in [6.07, 6.45) is 0. The summed E-state index contributed by atoms with van der Waals surface area (Å²) in [6, 6.07) is 9.48. The topological polar surface area (TPSA) is 51.3 Å². The van der Waals surface area contributed by atoms with Crippen molar-refractivity contribution in [1.82, 2.24) is 4.98 Å². The molecule has 0 unspecified atom stereocenters. The van der Waals surface area contributed by atoms with Gasteiger partial charge in [0, 0.05) is 0 Å². The van der Waals surface area contributed by atoms with E-state index in [1.165, 1.54) is 8.87 Å². The van der Waals surface area contributed by atoms with Crippen LogP contribution in [0.1, 0.15) is 4.44 Å². The summed E-state index contributed by atoms with van der Waals surface area (Å²) in [5.74, 6) is 1.04. The van der Waals surface area contributed by atoms with Crippen molar-refractivity contribution in [3.8, 4) is 21.6 Å². The van der Waals surface area contributed by atoms with Crippen LogP contribution in [0.4, 0.5) is 0 Å². The summed E-state index contributed by atoms with van der Waals surface area (Å²) < 4.78 is 13.1. The first kappa shape index (κ1) is 14.0. The molecule has 108 valence electrons. The second kappa shape index (κ2) is 5.43. The SMILES string of the molecule is COc1ccc2[nH]c(-c3ccc(C)[se]3)cc(=O)c2c1OC. The Morgan fingerprint density at radius 3 is 2.52 bits per heavy atom. The first-order chi connectivity index (χ1) is 10.1. The molecule has 0 aliphatic heterocycles. The zero-order valence-electron chi connectivity index (χ0n) is 12.0. The van der Waals surface area contributed by atoms with Crippen LogP contribution in [-0.4, -0.2) is 33.7 Å². The van der Waals surface area contributed by atoms with Gasteiger partial charge < -0.3 is 0 Å². The van der Waals surface area contributed by atoms with Crippen LogP contribution in [0.2, 0.25) is 0 Å². The molecule has 0 saturated heterocycles. The number of aromatic amines is 1. The normalized spacial score (nSPS) is 10.8. The van der Waals surface area contributed by atoms with E-state index in [4.69, 9.17) is 9.47 Å². The number of rotatable bonds is 3. The summed E-state index contributed by atoms with van der Waals surface area (Å²) in [5.41, 5.74) is 1.58. The van der Waals surface area contributed by atoms with Crippen molar-refractivity contribution in [2.45, 2.75) is 6.92 Å². The van der Waals surface area contributed by atoms with Gasteiger partial charge in [0.25, 0.3) is 0 Å². The van der Waals surface area contributed by atoms with E-state index in [0.29, 0.717) is 16.9 Å². The van der Waals surface area contributed by atoms with Crippen LogP contribution in [0.5, 0.6) is 11.5 Å². The number of methoxy groups -OCH3 is 2. The van der Waals surface area contributed by atoms with E-state index in [9.17, 15) is 4.79 Å². The number of ether oxygens (including phenoxy) is 2. The Balaban J connectivity index is 2.29. The Kier molecular flexibility index (Phi) is 3.62. The number of aryl methyl sites for hydroxylation is 1. The first-order valence-corrected chi connectivity index (χ1v) is 8.20. The molecule has 0 saturated carbocycles. The van der Waals surface area contributed by atoms with Gasteiger partial charge in [0.05, 0.1) is 0 Å². The molecule has 5 heteroatoms. The van der Waals surface area contributed by atoms with E-state index in [2.05, 4.69) is 24.0 Å². The second-order valence-corrected chi connectivity index (χ2v) is 7.38. The van der Waals surface area contributed by atoms with Crippen molar-refractivity contribution in [1.29, 1.82) is 0 Å². The molecule has 4 nitrogen and oxygen atoms in total. The third kappa shape index (κ3) is 2.39. The van der Waals surface area contributed by atoms with Crippen LogP contribution < -0.4 is 14.9 Å². The molecule has 2 aromatic heterocycles. The van der Waals surface area contributed by atoms with Gasteiger partial charge in [-0.2, -0.15) is 0 Å². The Hall–Kier alpha value is -1.97. The molecule has 3 aromatic rings. The van der Waals surface area contributed by atoms with Gasteiger partial charge in [-0.3, -0.25) is 0 Å². The summed E-state index contributed by atoms with van der Waals surface area (Å²) >= 11 is 0.285. The third-order valence-corrected chi connectivity index (χ3v) is 5.51. The fraction of sp³-hybridized carbons (Fsp3) is 0.188. The van der Waals surface area contributed by atoms with Crippen LogP contribution in [0.3, 0.4) is 0 Å². The fourth-order valence-electron chi connectivity index (χ4n) is 2.37.